The lowest BCUT2D eigenvalue weighted by Gasteiger charge is -2.31. The van der Waals surface area contributed by atoms with Gasteiger partial charge in [-0.25, -0.2) is 0 Å². The summed E-state index contributed by atoms with van der Waals surface area (Å²) in [5.74, 6) is 0.979. The zero-order valence-corrected chi connectivity index (χ0v) is 13.1. The Hall–Kier alpha value is -0.570. The molecule has 0 spiro atoms. The summed E-state index contributed by atoms with van der Waals surface area (Å²) in [6.07, 6.45) is 10.5. The van der Waals surface area contributed by atoms with Gasteiger partial charge >= 0.3 is 5.97 Å². The first kappa shape index (κ1) is 15.8. The van der Waals surface area contributed by atoms with Gasteiger partial charge in [-0.05, 0) is 50.4 Å². The molecule has 3 nitrogen and oxygen atoms in total. The summed E-state index contributed by atoms with van der Waals surface area (Å²) in [5, 5.41) is 13.0. The minimum Gasteiger partial charge on any atom is -0.481 e. The van der Waals surface area contributed by atoms with Crippen LogP contribution in [-0.2, 0) is 4.79 Å². The van der Waals surface area contributed by atoms with Crippen LogP contribution in [0, 0.1) is 17.8 Å². The normalized spacial score (nSPS) is 35.8. The third-order valence-corrected chi connectivity index (χ3v) is 5.45. The monoisotopic (exact) mass is 281 g/mol. The van der Waals surface area contributed by atoms with Crippen molar-refractivity contribution >= 4 is 5.97 Å². The van der Waals surface area contributed by atoms with Crippen molar-refractivity contribution in [3.8, 4) is 0 Å². The fourth-order valence-electron chi connectivity index (χ4n) is 4.06. The van der Waals surface area contributed by atoms with Crippen LogP contribution in [0.2, 0.25) is 0 Å². The molecule has 4 unspecified atom stereocenters. The second kappa shape index (κ2) is 7.44. The van der Waals surface area contributed by atoms with Crippen molar-refractivity contribution in [2.24, 2.45) is 17.8 Å². The van der Waals surface area contributed by atoms with Crippen LogP contribution in [0.25, 0.3) is 0 Å². The summed E-state index contributed by atoms with van der Waals surface area (Å²) in [6, 6.07) is 1.06. The van der Waals surface area contributed by atoms with Crippen molar-refractivity contribution in [3.05, 3.63) is 0 Å². The van der Waals surface area contributed by atoms with Crippen LogP contribution in [-0.4, -0.2) is 23.2 Å². The maximum Gasteiger partial charge on any atom is 0.306 e. The van der Waals surface area contributed by atoms with Gasteiger partial charge in [0.2, 0.25) is 0 Å². The SMILES string of the molecule is CC(C)C1CCCC(NC2CCCC(C(=O)O)C2)CC1. The minimum atomic E-state index is -0.600. The van der Waals surface area contributed by atoms with E-state index in [4.69, 9.17) is 0 Å². The Labute approximate surface area is 123 Å². The lowest BCUT2D eigenvalue weighted by atomic mass is 9.85. The van der Waals surface area contributed by atoms with E-state index < -0.39 is 5.97 Å². The molecule has 0 aromatic heterocycles. The van der Waals surface area contributed by atoms with E-state index in [1.54, 1.807) is 0 Å². The number of carboxylic acids is 1. The number of hydrogen-bond donors (Lipinski definition) is 2. The van der Waals surface area contributed by atoms with Gasteiger partial charge in [-0.3, -0.25) is 4.79 Å². The van der Waals surface area contributed by atoms with E-state index in [0.717, 1.165) is 37.5 Å². The zero-order valence-electron chi connectivity index (χ0n) is 13.1. The average Bonchev–Trinajstić information content (AvgIpc) is 2.65. The highest BCUT2D eigenvalue weighted by Gasteiger charge is 2.29. The number of nitrogens with one attached hydrogen (secondary N) is 1. The molecule has 0 aromatic rings. The van der Waals surface area contributed by atoms with E-state index in [-0.39, 0.29) is 5.92 Å². The average molecular weight is 281 g/mol. The molecule has 2 aliphatic carbocycles. The number of aliphatic carboxylic acids is 1. The van der Waals surface area contributed by atoms with Crippen LogP contribution in [0.1, 0.15) is 71.6 Å². The molecule has 116 valence electrons. The zero-order chi connectivity index (χ0) is 14.5. The number of carboxylic acid groups (broad SMARTS) is 1. The summed E-state index contributed by atoms with van der Waals surface area (Å²) >= 11 is 0. The van der Waals surface area contributed by atoms with Gasteiger partial charge in [-0.15, -0.1) is 0 Å². The first-order chi connectivity index (χ1) is 9.56. The van der Waals surface area contributed by atoms with Crippen LogP contribution in [0.4, 0.5) is 0 Å². The van der Waals surface area contributed by atoms with Crippen LogP contribution >= 0.6 is 0 Å². The predicted octanol–water partition coefficient (Wildman–Crippen LogP) is 3.82. The Bertz CT molecular complexity index is 316. The second-order valence-electron chi connectivity index (χ2n) is 7.27. The van der Waals surface area contributed by atoms with E-state index >= 15 is 0 Å². The third-order valence-electron chi connectivity index (χ3n) is 5.45. The van der Waals surface area contributed by atoms with E-state index in [1.165, 1.54) is 32.1 Å². The molecule has 0 saturated heterocycles. The quantitative estimate of drug-likeness (QED) is 0.770. The smallest absolute Gasteiger partial charge is 0.306 e. The fourth-order valence-corrected chi connectivity index (χ4v) is 4.06. The molecule has 0 amide bonds. The van der Waals surface area contributed by atoms with E-state index in [1.807, 2.05) is 0 Å². The van der Waals surface area contributed by atoms with E-state index in [9.17, 15) is 9.90 Å². The Morgan fingerprint density at radius 1 is 1.00 bits per heavy atom. The molecule has 0 radical (unpaired) electrons. The van der Waals surface area contributed by atoms with Crippen LogP contribution in [0.15, 0.2) is 0 Å². The lowest BCUT2D eigenvalue weighted by molar-refractivity contribution is -0.143. The second-order valence-corrected chi connectivity index (χ2v) is 7.27. The molecule has 20 heavy (non-hydrogen) atoms. The molecular formula is C17H31NO2. The highest BCUT2D eigenvalue weighted by atomic mass is 16.4. The van der Waals surface area contributed by atoms with Crippen molar-refractivity contribution in [2.75, 3.05) is 0 Å². The predicted molar refractivity (Wildman–Crippen MR) is 81.7 cm³/mol. The summed E-state index contributed by atoms with van der Waals surface area (Å²) in [5.41, 5.74) is 0. The number of rotatable bonds is 4. The fraction of sp³-hybridized carbons (Fsp3) is 0.941. The summed E-state index contributed by atoms with van der Waals surface area (Å²) in [6.45, 7) is 4.69. The van der Waals surface area contributed by atoms with Gasteiger partial charge in [0.15, 0.2) is 0 Å². The van der Waals surface area contributed by atoms with Crippen molar-refractivity contribution in [1.29, 1.82) is 0 Å². The van der Waals surface area contributed by atoms with E-state index in [0.29, 0.717) is 12.1 Å². The Morgan fingerprint density at radius 2 is 1.70 bits per heavy atom. The molecule has 2 rings (SSSR count). The molecule has 2 fully saturated rings. The highest BCUT2D eigenvalue weighted by Crippen LogP contribution is 2.30. The van der Waals surface area contributed by atoms with Crippen LogP contribution in [0.5, 0.6) is 0 Å². The molecule has 0 aliphatic heterocycles. The first-order valence-electron chi connectivity index (χ1n) is 8.55. The molecule has 2 saturated carbocycles. The number of carbonyl (C=O) groups is 1. The molecule has 0 bridgehead atoms. The van der Waals surface area contributed by atoms with Gasteiger partial charge in [-0.2, -0.15) is 0 Å². The molecule has 0 aromatic carbocycles. The van der Waals surface area contributed by atoms with Crippen molar-refractivity contribution in [3.63, 3.8) is 0 Å². The largest absolute Gasteiger partial charge is 0.481 e. The molecule has 2 N–H and O–H groups in total. The highest BCUT2D eigenvalue weighted by molar-refractivity contribution is 5.70. The van der Waals surface area contributed by atoms with Gasteiger partial charge in [-0.1, -0.05) is 33.1 Å². The van der Waals surface area contributed by atoms with Gasteiger partial charge in [0, 0.05) is 12.1 Å². The summed E-state index contributed by atoms with van der Waals surface area (Å²) < 4.78 is 0. The van der Waals surface area contributed by atoms with Crippen molar-refractivity contribution < 1.29 is 9.90 Å². The van der Waals surface area contributed by atoms with Crippen LogP contribution < -0.4 is 5.32 Å². The van der Waals surface area contributed by atoms with Crippen molar-refractivity contribution in [1.82, 2.24) is 5.32 Å². The van der Waals surface area contributed by atoms with Gasteiger partial charge in [0.05, 0.1) is 5.92 Å². The van der Waals surface area contributed by atoms with Crippen molar-refractivity contribution in [2.45, 2.75) is 83.7 Å². The molecule has 0 heterocycles. The lowest BCUT2D eigenvalue weighted by Crippen LogP contribution is -2.42. The van der Waals surface area contributed by atoms with E-state index in [2.05, 4.69) is 19.2 Å². The Morgan fingerprint density at radius 3 is 2.40 bits per heavy atom. The third kappa shape index (κ3) is 4.47. The molecular weight excluding hydrogens is 250 g/mol. The molecule has 3 heteroatoms. The van der Waals surface area contributed by atoms with Crippen LogP contribution in [0.3, 0.4) is 0 Å². The van der Waals surface area contributed by atoms with Gasteiger partial charge < -0.3 is 10.4 Å². The topological polar surface area (TPSA) is 49.3 Å². The molecule has 2 aliphatic rings. The Kier molecular flexibility index (Phi) is 5.88. The number of hydrogen-bond acceptors (Lipinski definition) is 2. The standard InChI is InChI=1S/C17H31NO2/c1-12(2)13-5-3-7-15(10-9-13)18-16-8-4-6-14(11-16)17(19)20/h12-16,18H,3-11H2,1-2H3,(H,19,20). The maximum absolute atomic E-state index is 11.1. The molecule has 4 atom stereocenters. The Balaban J connectivity index is 1.79. The summed E-state index contributed by atoms with van der Waals surface area (Å²) in [7, 11) is 0. The first-order valence-corrected chi connectivity index (χ1v) is 8.55. The van der Waals surface area contributed by atoms with Gasteiger partial charge in [0.1, 0.15) is 0 Å². The summed E-state index contributed by atoms with van der Waals surface area (Å²) in [4.78, 5) is 11.1. The maximum atomic E-state index is 11.1. The van der Waals surface area contributed by atoms with Gasteiger partial charge in [0.25, 0.3) is 0 Å². The minimum absolute atomic E-state index is 0.115.